The lowest BCUT2D eigenvalue weighted by molar-refractivity contribution is -0.133. The van der Waals surface area contributed by atoms with Gasteiger partial charge in [-0.2, -0.15) is 0 Å². The van der Waals surface area contributed by atoms with Crippen LogP contribution in [0.25, 0.3) is 0 Å². The Hall–Kier alpha value is -1.98. The Morgan fingerprint density at radius 3 is 2.39 bits per heavy atom. The van der Waals surface area contributed by atoms with Crippen molar-refractivity contribution in [2.24, 2.45) is 13.0 Å². The van der Waals surface area contributed by atoms with Crippen molar-refractivity contribution in [1.82, 2.24) is 19.7 Å². The van der Waals surface area contributed by atoms with Gasteiger partial charge in [0.25, 0.3) is 0 Å². The van der Waals surface area contributed by atoms with E-state index in [9.17, 15) is 9.59 Å². The summed E-state index contributed by atoms with van der Waals surface area (Å²) in [5, 5.41) is 3.15. The molecule has 1 aliphatic rings. The van der Waals surface area contributed by atoms with Crippen LogP contribution in [0.1, 0.15) is 65.5 Å². The van der Waals surface area contributed by atoms with E-state index in [0.29, 0.717) is 19.0 Å². The first-order valence-electron chi connectivity index (χ1n) is 10.7. The second-order valence-electron chi connectivity index (χ2n) is 8.78. The molecule has 3 amide bonds. The van der Waals surface area contributed by atoms with Gasteiger partial charge in [0.15, 0.2) is 0 Å². The minimum atomic E-state index is -0.112. The van der Waals surface area contributed by atoms with Gasteiger partial charge in [0.2, 0.25) is 5.91 Å². The van der Waals surface area contributed by atoms with E-state index in [2.05, 4.69) is 19.2 Å². The Kier molecular flexibility index (Phi) is 8.39. The summed E-state index contributed by atoms with van der Waals surface area (Å²) in [5.41, 5.74) is 1.09. The van der Waals surface area contributed by atoms with Gasteiger partial charge in [-0.05, 0) is 44.7 Å². The third-order valence-electron chi connectivity index (χ3n) is 5.47. The quantitative estimate of drug-likeness (QED) is 0.735. The monoisotopic (exact) mass is 390 g/mol. The number of carbonyl (C=O) groups is 2. The molecule has 1 heterocycles. The molecule has 0 spiro atoms. The molecule has 0 radical (unpaired) electrons. The molecule has 0 atom stereocenters. The number of rotatable bonds is 8. The molecule has 1 aliphatic carbocycles. The van der Waals surface area contributed by atoms with E-state index in [-0.39, 0.29) is 30.6 Å². The average Bonchev–Trinajstić information content (AvgIpc) is 3.03. The van der Waals surface area contributed by atoms with E-state index >= 15 is 0 Å². The molecule has 0 aliphatic heterocycles. The fourth-order valence-corrected chi connectivity index (χ4v) is 3.79. The highest BCUT2D eigenvalue weighted by atomic mass is 16.2. The standard InChI is InChI=1S/C22H38N4O2/c1-17(2)14-25(15-20-12-9-13-24(20)5)21(27)16-26(18(3)4)22(28)23-19-10-7-6-8-11-19/h9,12-13,17-19H,6-8,10-11,14-16H2,1-5H3,(H,23,28). The summed E-state index contributed by atoms with van der Waals surface area (Å²) in [6.07, 6.45) is 7.67. The van der Waals surface area contributed by atoms with Crippen molar-refractivity contribution < 1.29 is 9.59 Å². The highest BCUT2D eigenvalue weighted by Crippen LogP contribution is 2.18. The van der Waals surface area contributed by atoms with Crippen molar-refractivity contribution in [1.29, 1.82) is 0 Å². The second kappa shape index (κ2) is 10.5. The summed E-state index contributed by atoms with van der Waals surface area (Å²) in [7, 11) is 1.99. The van der Waals surface area contributed by atoms with Crippen LogP contribution in [0.3, 0.4) is 0 Å². The van der Waals surface area contributed by atoms with Crippen LogP contribution in [-0.4, -0.2) is 51.5 Å². The van der Waals surface area contributed by atoms with E-state index in [0.717, 1.165) is 18.5 Å². The number of amides is 3. The third-order valence-corrected chi connectivity index (χ3v) is 5.47. The molecule has 0 bridgehead atoms. The highest BCUT2D eigenvalue weighted by Gasteiger charge is 2.26. The van der Waals surface area contributed by atoms with Crippen LogP contribution < -0.4 is 5.32 Å². The molecule has 0 aromatic carbocycles. The normalized spacial score (nSPS) is 15.1. The molecule has 158 valence electrons. The Labute approximate surface area is 170 Å². The van der Waals surface area contributed by atoms with Gasteiger partial charge in [-0.3, -0.25) is 4.79 Å². The maximum absolute atomic E-state index is 13.1. The number of aromatic nitrogens is 1. The molecule has 0 saturated heterocycles. The number of urea groups is 1. The van der Waals surface area contributed by atoms with Crippen LogP contribution in [0.15, 0.2) is 18.3 Å². The molecule has 1 N–H and O–H groups in total. The van der Waals surface area contributed by atoms with Gasteiger partial charge in [-0.1, -0.05) is 33.1 Å². The molecular weight excluding hydrogens is 352 g/mol. The molecule has 1 saturated carbocycles. The van der Waals surface area contributed by atoms with Crippen LogP contribution >= 0.6 is 0 Å². The minimum Gasteiger partial charge on any atom is -0.353 e. The zero-order valence-corrected chi connectivity index (χ0v) is 18.3. The maximum atomic E-state index is 13.1. The molecule has 1 aromatic rings. The van der Waals surface area contributed by atoms with Gasteiger partial charge in [0, 0.05) is 37.6 Å². The topological polar surface area (TPSA) is 57.6 Å². The van der Waals surface area contributed by atoms with Gasteiger partial charge in [-0.25, -0.2) is 4.79 Å². The van der Waals surface area contributed by atoms with Gasteiger partial charge in [-0.15, -0.1) is 0 Å². The number of nitrogens with zero attached hydrogens (tertiary/aromatic N) is 3. The van der Waals surface area contributed by atoms with Crippen molar-refractivity contribution in [2.45, 2.75) is 78.4 Å². The molecule has 6 nitrogen and oxygen atoms in total. The number of carbonyl (C=O) groups excluding carboxylic acids is 2. The van der Waals surface area contributed by atoms with Crippen LogP contribution in [0.2, 0.25) is 0 Å². The fourth-order valence-electron chi connectivity index (χ4n) is 3.79. The Morgan fingerprint density at radius 1 is 1.18 bits per heavy atom. The summed E-state index contributed by atoms with van der Waals surface area (Å²) in [6.45, 7) is 9.53. The predicted molar refractivity (Wildman–Crippen MR) is 113 cm³/mol. The summed E-state index contributed by atoms with van der Waals surface area (Å²) < 4.78 is 2.04. The first-order valence-corrected chi connectivity index (χ1v) is 10.7. The smallest absolute Gasteiger partial charge is 0.318 e. The van der Waals surface area contributed by atoms with E-state index < -0.39 is 0 Å². The molecule has 1 fully saturated rings. The summed E-state index contributed by atoms with van der Waals surface area (Å²) >= 11 is 0. The summed E-state index contributed by atoms with van der Waals surface area (Å²) in [4.78, 5) is 29.5. The van der Waals surface area contributed by atoms with E-state index in [4.69, 9.17) is 0 Å². The van der Waals surface area contributed by atoms with Crippen LogP contribution in [0.5, 0.6) is 0 Å². The largest absolute Gasteiger partial charge is 0.353 e. The van der Waals surface area contributed by atoms with E-state index in [1.165, 1.54) is 19.3 Å². The van der Waals surface area contributed by atoms with Crippen LogP contribution in [-0.2, 0) is 18.4 Å². The Bertz CT molecular complexity index is 632. The fraction of sp³-hybridized carbons (Fsp3) is 0.727. The zero-order valence-electron chi connectivity index (χ0n) is 18.3. The van der Waals surface area contributed by atoms with Gasteiger partial charge in [0.05, 0.1) is 6.54 Å². The maximum Gasteiger partial charge on any atom is 0.318 e. The molecule has 28 heavy (non-hydrogen) atoms. The third kappa shape index (κ3) is 6.57. The number of hydrogen-bond acceptors (Lipinski definition) is 2. The van der Waals surface area contributed by atoms with Gasteiger partial charge < -0.3 is 19.7 Å². The van der Waals surface area contributed by atoms with Crippen molar-refractivity contribution in [3.8, 4) is 0 Å². The number of hydrogen-bond donors (Lipinski definition) is 1. The lowest BCUT2D eigenvalue weighted by atomic mass is 9.96. The van der Waals surface area contributed by atoms with Crippen molar-refractivity contribution in [3.05, 3.63) is 24.0 Å². The highest BCUT2D eigenvalue weighted by molar-refractivity contribution is 5.84. The summed E-state index contributed by atoms with van der Waals surface area (Å²) in [6, 6.07) is 4.14. The second-order valence-corrected chi connectivity index (χ2v) is 8.78. The molecule has 6 heteroatoms. The van der Waals surface area contributed by atoms with E-state index in [1.54, 1.807) is 4.90 Å². The van der Waals surface area contributed by atoms with Gasteiger partial charge >= 0.3 is 6.03 Å². The number of aryl methyl sites for hydroxylation is 1. The molecule has 2 rings (SSSR count). The van der Waals surface area contributed by atoms with Crippen molar-refractivity contribution in [3.63, 3.8) is 0 Å². The Morgan fingerprint density at radius 2 is 1.86 bits per heavy atom. The first-order chi connectivity index (χ1) is 13.3. The first kappa shape index (κ1) is 22.3. The predicted octanol–water partition coefficient (Wildman–Crippen LogP) is 3.76. The van der Waals surface area contributed by atoms with E-state index in [1.807, 2.05) is 48.7 Å². The lowest BCUT2D eigenvalue weighted by Gasteiger charge is -2.33. The van der Waals surface area contributed by atoms with Crippen LogP contribution in [0, 0.1) is 5.92 Å². The average molecular weight is 391 g/mol. The number of nitrogens with one attached hydrogen (secondary N) is 1. The SMILES string of the molecule is CC(C)CN(Cc1cccn1C)C(=O)CN(C(=O)NC1CCCCC1)C(C)C. The molecular formula is C22H38N4O2. The Balaban J connectivity index is 2.03. The van der Waals surface area contributed by atoms with Crippen molar-refractivity contribution >= 4 is 11.9 Å². The minimum absolute atomic E-state index is 0.00222. The zero-order chi connectivity index (χ0) is 20.7. The molecule has 1 aromatic heterocycles. The van der Waals surface area contributed by atoms with Gasteiger partial charge in [0.1, 0.15) is 6.54 Å². The summed E-state index contributed by atoms with van der Waals surface area (Å²) in [5.74, 6) is 0.371. The van der Waals surface area contributed by atoms with Crippen LogP contribution in [0.4, 0.5) is 4.79 Å². The molecule has 0 unspecified atom stereocenters. The van der Waals surface area contributed by atoms with Crippen molar-refractivity contribution in [2.75, 3.05) is 13.1 Å². The lowest BCUT2D eigenvalue weighted by Crippen LogP contribution is -2.52.